The van der Waals surface area contributed by atoms with Gasteiger partial charge in [0.05, 0.1) is 38.8 Å². The van der Waals surface area contributed by atoms with Gasteiger partial charge in [0, 0.05) is 32.9 Å². The number of hydrogen-bond acceptors (Lipinski definition) is 0. The standard InChI is InChI=1S/C54H35F9N2/c1-30-20-35(24-37(22-30)52(55,56)57)33-13-17-43-41-8-4-6-10-48(41)64(50(43)26-33)39-15-12-32(3)45(28-39)46-29-40(16-19-47(46)54(61,62)63)65-49-11-7-5-9-42(49)44-18-14-34(27-51(44)65)36-21-31(2)23-38(25-36)53(58,59)60/h4-29H,1-3H3. The molecule has 0 saturated carbocycles. The molecule has 10 aromatic rings. The summed E-state index contributed by atoms with van der Waals surface area (Å²) in [4.78, 5) is 0. The summed E-state index contributed by atoms with van der Waals surface area (Å²) in [6, 6.07) is 42.7. The Balaban J connectivity index is 1.18. The van der Waals surface area contributed by atoms with E-state index in [1.165, 1.54) is 12.1 Å². The molecule has 0 radical (unpaired) electrons. The number of aryl methyl sites for hydroxylation is 3. The molecule has 0 saturated heterocycles. The average Bonchev–Trinajstić information content (AvgIpc) is 3.77. The number of aromatic nitrogens is 2. The lowest BCUT2D eigenvalue weighted by Gasteiger charge is -2.19. The maximum Gasteiger partial charge on any atom is 0.417 e. The van der Waals surface area contributed by atoms with Gasteiger partial charge in [-0.15, -0.1) is 0 Å². The summed E-state index contributed by atoms with van der Waals surface area (Å²) >= 11 is 0. The highest BCUT2D eigenvalue weighted by atomic mass is 19.4. The quantitative estimate of drug-likeness (QED) is 0.152. The van der Waals surface area contributed by atoms with Crippen molar-refractivity contribution < 1.29 is 39.5 Å². The molecule has 324 valence electrons. The highest BCUT2D eigenvalue weighted by Gasteiger charge is 2.35. The first kappa shape index (κ1) is 41.7. The molecular weight excluding hydrogens is 848 g/mol. The molecule has 65 heavy (non-hydrogen) atoms. The molecular formula is C54H35F9N2. The van der Waals surface area contributed by atoms with Crippen LogP contribution in [0.3, 0.4) is 0 Å². The number of benzene rings is 8. The predicted molar refractivity (Wildman–Crippen MR) is 241 cm³/mol. The molecule has 0 aliphatic rings. The molecule has 0 spiro atoms. The Morgan fingerprint density at radius 1 is 0.338 bits per heavy atom. The Morgan fingerprint density at radius 3 is 1.23 bits per heavy atom. The van der Waals surface area contributed by atoms with Gasteiger partial charge < -0.3 is 9.13 Å². The smallest absolute Gasteiger partial charge is 0.309 e. The zero-order valence-electron chi connectivity index (χ0n) is 34.8. The second kappa shape index (κ2) is 14.9. The third kappa shape index (κ3) is 7.28. The summed E-state index contributed by atoms with van der Waals surface area (Å²) in [5.74, 6) is 0. The first-order valence-electron chi connectivity index (χ1n) is 20.6. The molecule has 10 rings (SSSR count). The molecule has 8 aromatic carbocycles. The fraction of sp³-hybridized carbons (Fsp3) is 0.111. The zero-order chi connectivity index (χ0) is 45.7. The number of halogens is 9. The van der Waals surface area contributed by atoms with Crippen LogP contribution in [-0.4, -0.2) is 9.13 Å². The first-order chi connectivity index (χ1) is 30.8. The van der Waals surface area contributed by atoms with Gasteiger partial charge in [-0.2, -0.15) is 39.5 Å². The van der Waals surface area contributed by atoms with E-state index in [1.54, 1.807) is 63.2 Å². The lowest BCUT2D eigenvalue weighted by Crippen LogP contribution is -2.09. The van der Waals surface area contributed by atoms with E-state index in [1.807, 2.05) is 81.9 Å². The molecule has 0 bridgehead atoms. The Morgan fingerprint density at radius 2 is 0.769 bits per heavy atom. The summed E-state index contributed by atoms with van der Waals surface area (Å²) < 4.78 is 133. The van der Waals surface area contributed by atoms with Crippen molar-refractivity contribution in [2.24, 2.45) is 0 Å². The highest BCUT2D eigenvalue weighted by Crippen LogP contribution is 2.44. The Labute approximate surface area is 366 Å². The van der Waals surface area contributed by atoms with E-state index in [2.05, 4.69) is 0 Å². The van der Waals surface area contributed by atoms with Gasteiger partial charge in [0.1, 0.15) is 0 Å². The molecule has 2 aromatic heterocycles. The summed E-state index contributed by atoms with van der Waals surface area (Å²) in [5, 5.41) is 3.22. The molecule has 11 heteroatoms. The van der Waals surface area contributed by atoms with E-state index < -0.39 is 35.2 Å². The van der Waals surface area contributed by atoms with Crippen LogP contribution in [-0.2, 0) is 18.5 Å². The average molecular weight is 883 g/mol. The van der Waals surface area contributed by atoms with Crippen molar-refractivity contribution in [2.45, 2.75) is 39.3 Å². The van der Waals surface area contributed by atoms with E-state index >= 15 is 13.2 Å². The maximum atomic E-state index is 15.2. The van der Waals surface area contributed by atoms with Crippen LogP contribution in [0.5, 0.6) is 0 Å². The van der Waals surface area contributed by atoms with Gasteiger partial charge in [0.15, 0.2) is 0 Å². The third-order valence-electron chi connectivity index (χ3n) is 12.2. The molecule has 0 aliphatic heterocycles. The summed E-state index contributed by atoms with van der Waals surface area (Å²) in [6.07, 6.45) is -13.9. The van der Waals surface area contributed by atoms with Crippen molar-refractivity contribution in [3.63, 3.8) is 0 Å². The van der Waals surface area contributed by atoms with Gasteiger partial charge in [-0.1, -0.05) is 78.9 Å². The van der Waals surface area contributed by atoms with E-state index in [4.69, 9.17) is 0 Å². The molecule has 2 nitrogen and oxygen atoms in total. The van der Waals surface area contributed by atoms with Crippen molar-refractivity contribution >= 4 is 43.6 Å². The number of fused-ring (bicyclic) bond motifs is 6. The number of nitrogens with zero attached hydrogens (tertiary/aromatic N) is 2. The van der Waals surface area contributed by atoms with E-state index in [0.29, 0.717) is 72.4 Å². The molecule has 0 fully saturated rings. The van der Waals surface area contributed by atoms with Crippen LogP contribution in [0.4, 0.5) is 39.5 Å². The minimum atomic E-state index is -4.77. The van der Waals surface area contributed by atoms with E-state index in [9.17, 15) is 26.3 Å². The van der Waals surface area contributed by atoms with Gasteiger partial charge in [0.2, 0.25) is 0 Å². The largest absolute Gasteiger partial charge is 0.417 e. The molecule has 0 atom stereocenters. The first-order valence-corrected chi connectivity index (χ1v) is 20.6. The van der Waals surface area contributed by atoms with Crippen LogP contribution in [0.2, 0.25) is 0 Å². The molecule has 0 N–H and O–H groups in total. The Kier molecular flexibility index (Phi) is 9.57. The number of hydrogen-bond donors (Lipinski definition) is 0. The van der Waals surface area contributed by atoms with Gasteiger partial charge in [0.25, 0.3) is 0 Å². The van der Waals surface area contributed by atoms with Gasteiger partial charge in [-0.05, 0) is 150 Å². The van der Waals surface area contributed by atoms with Gasteiger partial charge >= 0.3 is 18.5 Å². The van der Waals surface area contributed by atoms with Crippen LogP contribution >= 0.6 is 0 Å². The van der Waals surface area contributed by atoms with Crippen LogP contribution in [0.1, 0.15) is 33.4 Å². The maximum absolute atomic E-state index is 15.2. The summed E-state index contributed by atoms with van der Waals surface area (Å²) in [6.45, 7) is 4.93. The lowest BCUT2D eigenvalue weighted by molar-refractivity contribution is -0.138. The predicted octanol–water partition coefficient (Wildman–Crippen LogP) is 16.9. The van der Waals surface area contributed by atoms with Crippen molar-refractivity contribution in [2.75, 3.05) is 0 Å². The summed E-state index contributed by atoms with van der Waals surface area (Å²) in [5.41, 5.74) is 4.56. The lowest BCUT2D eigenvalue weighted by atomic mass is 9.94. The normalized spacial score (nSPS) is 12.6. The minimum Gasteiger partial charge on any atom is -0.309 e. The number of alkyl halides is 9. The highest BCUT2D eigenvalue weighted by molar-refractivity contribution is 6.11. The fourth-order valence-electron chi connectivity index (χ4n) is 9.26. The monoisotopic (exact) mass is 882 g/mol. The minimum absolute atomic E-state index is 0.0918. The van der Waals surface area contributed by atoms with Crippen molar-refractivity contribution in [3.8, 4) is 44.8 Å². The Hall–Kier alpha value is -7.27. The Bertz CT molecular complexity index is 3550. The van der Waals surface area contributed by atoms with Crippen molar-refractivity contribution in [1.82, 2.24) is 9.13 Å². The zero-order valence-corrected chi connectivity index (χ0v) is 34.8. The van der Waals surface area contributed by atoms with E-state index in [0.717, 1.165) is 57.4 Å². The van der Waals surface area contributed by atoms with E-state index in [-0.39, 0.29) is 5.56 Å². The molecule has 0 aliphatic carbocycles. The van der Waals surface area contributed by atoms with Crippen LogP contribution in [0.15, 0.2) is 158 Å². The second-order valence-corrected chi connectivity index (χ2v) is 16.6. The molecule has 0 amide bonds. The van der Waals surface area contributed by atoms with Crippen molar-refractivity contribution in [1.29, 1.82) is 0 Å². The van der Waals surface area contributed by atoms with Crippen LogP contribution in [0.25, 0.3) is 88.4 Å². The van der Waals surface area contributed by atoms with Crippen LogP contribution < -0.4 is 0 Å². The molecule has 0 unspecified atom stereocenters. The molecule has 2 heterocycles. The van der Waals surface area contributed by atoms with Gasteiger partial charge in [-0.25, -0.2) is 0 Å². The van der Waals surface area contributed by atoms with Crippen LogP contribution in [0, 0.1) is 20.8 Å². The number of para-hydroxylation sites is 2. The fourth-order valence-corrected chi connectivity index (χ4v) is 9.26. The second-order valence-electron chi connectivity index (χ2n) is 16.6. The number of rotatable bonds is 5. The third-order valence-corrected chi connectivity index (χ3v) is 12.2. The van der Waals surface area contributed by atoms with Crippen molar-refractivity contribution in [3.05, 3.63) is 191 Å². The summed E-state index contributed by atoms with van der Waals surface area (Å²) in [7, 11) is 0. The SMILES string of the molecule is Cc1cc(-c2ccc3c4ccccc4n(-c4ccc(C)c(-c5cc(-n6c7ccccc7c7ccc(-c8cc(C)cc(C(F)(F)F)c8)cc76)ccc5C(F)(F)F)c4)c3c2)cc(C(F)(F)F)c1. The van der Waals surface area contributed by atoms with Gasteiger partial charge in [-0.3, -0.25) is 0 Å². The topological polar surface area (TPSA) is 9.86 Å².